The van der Waals surface area contributed by atoms with Crippen molar-refractivity contribution < 1.29 is 37.1 Å². The summed E-state index contributed by atoms with van der Waals surface area (Å²) < 4.78 is 55.4. The van der Waals surface area contributed by atoms with Crippen molar-refractivity contribution in [1.82, 2.24) is 4.98 Å². The summed E-state index contributed by atoms with van der Waals surface area (Å²) in [6.07, 6.45) is -4.78. The molecule has 0 saturated heterocycles. The van der Waals surface area contributed by atoms with E-state index in [-0.39, 0.29) is 29.0 Å². The lowest BCUT2D eigenvalue weighted by Gasteiger charge is -2.12. The number of fused-ring (bicyclic) bond motifs is 1. The second-order valence-electron chi connectivity index (χ2n) is 5.51. The van der Waals surface area contributed by atoms with E-state index in [1.54, 1.807) is 24.3 Å². The molecule has 0 bridgehead atoms. The summed E-state index contributed by atoms with van der Waals surface area (Å²) >= 11 is 6.06. The van der Waals surface area contributed by atoms with Crippen molar-refractivity contribution in [2.75, 3.05) is 13.2 Å². The van der Waals surface area contributed by atoms with Crippen LogP contribution in [-0.4, -0.2) is 36.7 Å². The van der Waals surface area contributed by atoms with Crippen molar-refractivity contribution >= 4 is 24.2 Å². The fourth-order valence-electron chi connectivity index (χ4n) is 2.40. The SMILES string of the molecule is N#Cc1cc(Cl)c(Oc2ccc3c(c2)COB3O)nc1OCCOC(F)(F)F. The third-order valence-electron chi connectivity index (χ3n) is 3.61. The molecule has 1 aliphatic rings. The van der Waals surface area contributed by atoms with Crippen LogP contribution in [0.1, 0.15) is 11.1 Å². The lowest BCUT2D eigenvalue weighted by atomic mass is 9.80. The Balaban J connectivity index is 1.75. The Hall–Kier alpha value is -2.52. The summed E-state index contributed by atoms with van der Waals surface area (Å²) in [5.41, 5.74) is 1.25. The maximum Gasteiger partial charge on any atom is 0.522 e. The Kier molecular flexibility index (Phi) is 5.95. The summed E-state index contributed by atoms with van der Waals surface area (Å²) in [6, 6.07) is 7.82. The predicted octanol–water partition coefficient (Wildman–Crippen LogP) is 2.53. The second kappa shape index (κ2) is 8.24. The number of hydrogen-bond acceptors (Lipinski definition) is 7. The van der Waals surface area contributed by atoms with E-state index >= 15 is 0 Å². The first kappa shape index (κ1) is 20.2. The molecule has 1 aromatic heterocycles. The molecule has 0 aliphatic carbocycles. The van der Waals surface area contributed by atoms with E-state index in [0.29, 0.717) is 11.2 Å². The molecule has 2 aromatic rings. The predicted molar refractivity (Wildman–Crippen MR) is 90.4 cm³/mol. The van der Waals surface area contributed by atoms with Gasteiger partial charge in [-0.05, 0) is 29.2 Å². The van der Waals surface area contributed by atoms with Gasteiger partial charge in [-0.1, -0.05) is 17.7 Å². The number of aromatic nitrogens is 1. The van der Waals surface area contributed by atoms with E-state index in [2.05, 4.69) is 9.72 Å². The van der Waals surface area contributed by atoms with Gasteiger partial charge < -0.3 is 19.2 Å². The molecule has 3 rings (SSSR count). The Morgan fingerprint density at radius 2 is 2.07 bits per heavy atom. The van der Waals surface area contributed by atoms with E-state index in [0.717, 1.165) is 5.56 Å². The molecule has 0 spiro atoms. The van der Waals surface area contributed by atoms with E-state index in [1.165, 1.54) is 6.07 Å². The van der Waals surface area contributed by atoms with Crippen LogP contribution in [0.2, 0.25) is 5.02 Å². The normalized spacial score (nSPS) is 13.2. The van der Waals surface area contributed by atoms with Gasteiger partial charge in [0.15, 0.2) is 0 Å². The molecule has 0 atom stereocenters. The summed E-state index contributed by atoms with van der Waals surface area (Å²) in [5.74, 6) is -0.0127. The fourth-order valence-corrected chi connectivity index (χ4v) is 2.59. The van der Waals surface area contributed by atoms with Crippen LogP contribution in [-0.2, 0) is 16.0 Å². The van der Waals surface area contributed by atoms with E-state index in [9.17, 15) is 18.2 Å². The molecule has 7 nitrogen and oxygen atoms in total. The standard InChI is InChI=1S/C16H11BClF3N2O5/c18-13-6-9(7-22)14(25-3-4-26-16(19,20)21)23-15(13)28-11-1-2-12-10(5-11)8-27-17(12)24/h1-2,5-6,24H,3-4,8H2. The van der Waals surface area contributed by atoms with Gasteiger partial charge in [0.1, 0.15) is 29.0 Å². The van der Waals surface area contributed by atoms with Crippen molar-refractivity contribution in [3.05, 3.63) is 40.4 Å². The van der Waals surface area contributed by atoms with Crippen LogP contribution in [0.3, 0.4) is 0 Å². The van der Waals surface area contributed by atoms with Gasteiger partial charge in [0.05, 0.1) is 13.2 Å². The number of alkyl halides is 3. The molecule has 0 radical (unpaired) electrons. The number of ether oxygens (including phenoxy) is 3. The third kappa shape index (κ3) is 4.85. The number of benzene rings is 1. The van der Waals surface area contributed by atoms with Crippen molar-refractivity contribution in [2.24, 2.45) is 0 Å². The van der Waals surface area contributed by atoms with Crippen molar-refractivity contribution in [2.45, 2.75) is 13.0 Å². The number of pyridine rings is 1. The average molecular weight is 415 g/mol. The topological polar surface area (TPSA) is 93.8 Å². The van der Waals surface area contributed by atoms with Crippen LogP contribution >= 0.6 is 11.6 Å². The highest BCUT2D eigenvalue weighted by molar-refractivity contribution is 6.61. The van der Waals surface area contributed by atoms with E-state index in [1.807, 2.05) is 0 Å². The first-order valence-corrected chi connectivity index (χ1v) is 8.19. The fraction of sp³-hybridized carbons (Fsp3) is 0.250. The lowest BCUT2D eigenvalue weighted by Crippen LogP contribution is -2.27. The largest absolute Gasteiger partial charge is 0.522 e. The molecule has 0 unspecified atom stereocenters. The highest BCUT2D eigenvalue weighted by Gasteiger charge is 2.29. The van der Waals surface area contributed by atoms with Crippen LogP contribution in [0.4, 0.5) is 13.2 Å². The molecular formula is C16H11BClF3N2O5. The Labute approximate surface area is 162 Å². The third-order valence-corrected chi connectivity index (χ3v) is 3.88. The quantitative estimate of drug-likeness (QED) is 0.573. The molecule has 1 N–H and O–H groups in total. The van der Waals surface area contributed by atoms with Gasteiger partial charge in [-0.2, -0.15) is 10.2 Å². The van der Waals surface area contributed by atoms with E-state index in [4.69, 9.17) is 31.0 Å². The number of nitriles is 1. The maximum atomic E-state index is 12.0. The van der Waals surface area contributed by atoms with Gasteiger partial charge >= 0.3 is 13.5 Å². The molecule has 0 fully saturated rings. The number of halogens is 4. The molecule has 2 heterocycles. The summed E-state index contributed by atoms with van der Waals surface area (Å²) in [5, 5.41) is 18.8. The number of rotatable bonds is 6. The van der Waals surface area contributed by atoms with Crippen molar-refractivity contribution in [1.29, 1.82) is 5.26 Å². The minimum absolute atomic E-state index is 0.00669. The molecule has 0 saturated carbocycles. The van der Waals surface area contributed by atoms with Gasteiger partial charge in [0, 0.05) is 0 Å². The molecule has 1 aliphatic heterocycles. The van der Waals surface area contributed by atoms with Gasteiger partial charge in [0.2, 0.25) is 11.8 Å². The zero-order chi connectivity index (χ0) is 20.3. The number of nitrogens with zero attached hydrogens (tertiary/aromatic N) is 2. The van der Waals surface area contributed by atoms with Gasteiger partial charge in [-0.15, -0.1) is 13.2 Å². The first-order valence-electron chi connectivity index (χ1n) is 7.81. The number of hydrogen-bond donors (Lipinski definition) is 1. The molecule has 1 aromatic carbocycles. The minimum Gasteiger partial charge on any atom is -0.474 e. The molecular weight excluding hydrogens is 403 g/mol. The Morgan fingerprint density at radius 1 is 1.29 bits per heavy atom. The molecule has 146 valence electrons. The smallest absolute Gasteiger partial charge is 0.474 e. The lowest BCUT2D eigenvalue weighted by molar-refractivity contribution is -0.325. The van der Waals surface area contributed by atoms with Crippen LogP contribution in [0, 0.1) is 11.3 Å². The van der Waals surface area contributed by atoms with Crippen molar-refractivity contribution in [3.63, 3.8) is 0 Å². The average Bonchev–Trinajstić information content (AvgIpc) is 3.00. The molecule has 28 heavy (non-hydrogen) atoms. The van der Waals surface area contributed by atoms with Gasteiger partial charge in [-0.3, -0.25) is 4.74 Å². The zero-order valence-electron chi connectivity index (χ0n) is 14.0. The Bertz CT molecular complexity index is 922. The van der Waals surface area contributed by atoms with Crippen LogP contribution in [0.15, 0.2) is 24.3 Å². The highest BCUT2D eigenvalue weighted by atomic mass is 35.5. The second-order valence-corrected chi connectivity index (χ2v) is 5.92. The van der Waals surface area contributed by atoms with Crippen LogP contribution < -0.4 is 14.9 Å². The van der Waals surface area contributed by atoms with E-state index < -0.39 is 26.7 Å². The van der Waals surface area contributed by atoms with Gasteiger partial charge in [-0.25, -0.2) is 0 Å². The van der Waals surface area contributed by atoms with Crippen LogP contribution in [0.25, 0.3) is 0 Å². The van der Waals surface area contributed by atoms with Crippen LogP contribution in [0.5, 0.6) is 17.5 Å². The highest BCUT2D eigenvalue weighted by Crippen LogP contribution is 2.32. The summed E-state index contributed by atoms with van der Waals surface area (Å²) in [6.45, 7) is -1.06. The molecule has 0 amide bonds. The van der Waals surface area contributed by atoms with Crippen molar-refractivity contribution in [3.8, 4) is 23.6 Å². The summed E-state index contributed by atoms with van der Waals surface area (Å²) in [7, 11) is -1.00. The molecule has 12 heteroatoms. The zero-order valence-corrected chi connectivity index (χ0v) is 14.8. The Morgan fingerprint density at radius 3 is 2.79 bits per heavy atom. The maximum absolute atomic E-state index is 12.0. The monoisotopic (exact) mass is 414 g/mol. The summed E-state index contributed by atoms with van der Waals surface area (Å²) in [4.78, 5) is 3.96. The van der Waals surface area contributed by atoms with Gasteiger partial charge in [0.25, 0.3) is 0 Å². The minimum atomic E-state index is -4.78. The first-order chi connectivity index (χ1) is 13.3.